The van der Waals surface area contributed by atoms with Crippen LogP contribution in [-0.2, 0) is 11.0 Å². The minimum atomic E-state index is -4.68. The summed E-state index contributed by atoms with van der Waals surface area (Å²) in [4.78, 5) is 28.8. The van der Waals surface area contributed by atoms with Gasteiger partial charge in [-0.3, -0.25) is 9.59 Å². The third-order valence-electron chi connectivity index (χ3n) is 6.98. The van der Waals surface area contributed by atoms with E-state index in [2.05, 4.69) is 5.10 Å². The molecule has 2 aromatic heterocycles. The highest BCUT2D eigenvalue weighted by Crippen LogP contribution is 2.43. The van der Waals surface area contributed by atoms with Crippen molar-refractivity contribution in [2.24, 2.45) is 0 Å². The molecule has 0 atom stereocenters. The zero-order chi connectivity index (χ0) is 24.4. The van der Waals surface area contributed by atoms with Gasteiger partial charge in [0.25, 0.3) is 5.91 Å². The van der Waals surface area contributed by atoms with Crippen LogP contribution in [0.25, 0.3) is 5.52 Å². The highest BCUT2D eigenvalue weighted by molar-refractivity contribution is 6.36. The first kappa shape index (κ1) is 23.4. The number of aliphatic hydroxyl groups is 2. The van der Waals surface area contributed by atoms with E-state index in [1.54, 1.807) is 11.0 Å². The minimum Gasteiger partial charge on any atom is -0.366 e. The van der Waals surface area contributed by atoms with E-state index in [4.69, 9.17) is 11.6 Å². The van der Waals surface area contributed by atoms with E-state index >= 15 is 0 Å². The van der Waals surface area contributed by atoms with E-state index in [-0.39, 0.29) is 66.6 Å². The lowest BCUT2D eigenvalue weighted by Gasteiger charge is -2.42. The fourth-order valence-electron chi connectivity index (χ4n) is 4.90. The van der Waals surface area contributed by atoms with E-state index in [9.17, 15) is 33.0 Å². The third kappa shape index (κ3) is 4.25. The number of fused-ring (bicyclic) bond motifs is 1. The van der Waals surface area contributed by atoms with Crippen LogP contribution in [0.15, 0.2) is 12.1 Å². The number of halogens is 4. The zero-order valence-electron chi connectivity index (χ0n) is 18.2. The van der Waals surface area contributed by atoms with Crippen molar-refractivity contribution in [1.29, 1.82) is 0 Å². The molecule has 1 aliphatic heterocycles. The molecule has 0 spiro atoms. The molecule has 3 heterocycles. The maximum Gasteiger partial charge on any atom is 0.433 e. The number of pyridine rings is 1. The van der Waals surface area contributed by atoms with Gasteiger partial charge >= 0.3 is 6.18 Å². The second-order valence-electron chi connectivity index (χ2n) is 9.43. The van der Waals surface area contributed by atoms with Gasteiger partial charge in [0.2, 0.25) is 5.91 Å². The lowest BCUT2D eigenvalue weighted by molar-refractivity contribution is -0.189. The Morgan fingerprint density at radius 1 is 1.12 bits per heavy atom. The van der Waals surface area contributed by atoms with E-state index in [0.717, 1.165) is 18.9 Å². The number of hydrogen-bond donors (Lipinski definition) is 2. The predicted octanol–water partition coefficient (Wildman–Crippen LogP) is 2.79. The fourth-order valence-corrected chi connectivity index (χ4v) is 5.16. The van der Waals surface area contributed by atoms with Gasteiger partial charge in [-0.15, -0.1) is 0 Å². The molecule has 12 heteroatoms. The third-order valence-corrected chi connectivity index (χ3v) is 7.35. The Hall–Kier alpha value is -2.37. The van der Waals surface area contributed by atoms with Crippen LogP contribution >= 0.6 is 11.6 Å². The lowest BCUT2D eigenvalue weighted by atomic mass is 9.89. The summed E-state index contributed by atoms with van der Waals surface area (Å²) < 4.78 is 41.8. The van der Waals surface area contributed by atoms with Crippen molar-refractivity contribution < 1.29 is 33.0 Å². The van der Waals surface area contributed by atoms with Gasteiger partial charge in [0.05, 0.1) is 10.5 Å². The molecule has 1 saturated heterocycles. The normalized spacial score (nSPS) is 22.0. The van der Waals surface area contributed by atoms with Gasteiger partial charge in [0, 0.05) is 32.0 Å². The molecule has 34 heavy (non-hydrogen) atoms. The summed E-state index contributed by atoms with van der Waals surface area (Å²) in [5.41, 5.74) is -0.767. The molecule has 2 aromatic rings. The number of nitrogens with zero attached hydrogens (tertiary/aromatic N) is 4. The number of carbonyl (C=O) groups excluding carboxylic acids is 2. The molecule has 8 nitrogen and oxygen atoms in total. The van der Waals surface area contributed by atoms with Crippen molar-refractivity contribution in [3.05, 3.63) is 34.1 Å². The van der Waals surface area contributed by atoms with Crippen molar-refractivity contribution in [3.63, 3.8) is 0 Å². The molecule has 0 radical (unpaired) electrons. The predicted molar refractivity (Wildman–Crippen MR) is 114 cm³/mol. The van der Waals surface area contributed by atoms with Crippen molar-refractivity contribution in [2.45, 2.75) is 62.4 Å². The number of alkyl halides is 3. The van der Waals surface area contributed by atoms with E-state index in [1.165, 1.54) is 4.90 Å². The van der Waals surface area contributed by atoms with Crippen molar-refractivity contribution in [1.82, 2.24) is 19.4 Å². The smallest absolute Gasteiger partial charge is 0.366 e. The van der Waals surface area contributed by atoms with Crippen molar-refractivity contribution >= 4 is 28.9 Å². The van der Waals surface area contributed by atoms with Crippen LogP contribution < -0.4 is 0 Å². The highest BCUT2D eigenvalue weighted by Gasteiger charge is 2.40. The largest absolute Gasteiger partial charge is 0.433 e. The Kier molecular flexibility index (Phi) is 5.57. The standard InChI is InChI=1S/C22H24ClF3N4O4/c23-18-15-9-13(12-1-2-12)10-16(22(24,25)26)30(15)27-19(18)20(32)28-7-8-29(17(31)11-28)14-3-5-21(33,34)6-4-14/h9-10,12,14,33-34H,1-8,11H2. The Labute approximate surface area is 197 Å². The van der Waals surface area contributed by atoms with Crippen molar-refractivity contribution in [2.75, 3.05) is 19.6 Å². The average molecular weight is 501 g/mol. The highest BCUT2D eigenvalue weighted by atomic mass is 35.5. The molecular formula is C22H24ClF3N4O4. The van der Waals surface area contributed by atoms with Gasteiger partial charge in [-0.25, -0.2) is 4.52 Å². The Morgan fingerprint density at radius 2 is 1.79 bits per heavy atom. The Balaban J connectivity index is 1.38. The van der Waals surface area contributed by atoms with E-state index in [0.29, 0.717) is 22.9 Å². The van der Waals surface area contributed by atoms with E-state index < -0.39 is 23.6 Å². The van der Waals surface area contributed by atoms with Gasteiger partial charge in [0.1, 0.15) is 12.2 Å². The molecular weight excluding hydrogens is 477 g/mol. The number of hydrogen-bond acceptors (Lipinski definition) is 5. The molecule has 0 unspecified atom stereocenters. The van der Waals surface area contributed by atoms with Gasteiger partial charge in [-0.1, -0.05) is 11.6 Å². The molecule has 2 saturated carbocycles. The maximum absolute atomic E-state index is 13.7. The van der Waals surface area contributed by atoms with Crippen LogP contribution in [0.3, 0.4) is 0 Å². The van der Waals surface area contributed by atoms with Gasteiger partial charge < -0.3 is 20.0 Å². The van der Waals surface area contributed by atoms with Crippen LogP contribution in [0.4, 0.5) is 13.2 Å². The van der Waals surface area contributed by atoms with Crippen LogP contribution in [0.1, 0.15) is 66.2 Å². The van der Waals surface area contributed by atoms with Gasteiger partial charge in [-0.2, -0.15) is 18.3 Å². The molecule has 3 fully saturated rings. The molecule has 3 aliphatic rings. The maximum atomic E-state index is 13.7. The molecule has 0 bridgehead atoms. The zero-order valence-corrected chi connectivity index (χ0v) is 18.9. The second-order valence-corrected chi connectivity index (χ2v) is 9.81. The monoisotopic (exact) mass is 500 g/mol. The number of carbonyl (C=O) groups is 2. The first-order chi connectivity index (χ1) is 15.9. The molecule has 184 valence electrons. The lowest BCUT2D eigenvalue weighted by Crippen LogP contribution is -2.56. The summed E-state index contributed by atoms with van der Waals surface area (Å²) >= 11 is 6.36. The average Bonchev–Trinajstić information content (AvgIpc) is 3.56. The first-order valence-electron chi connectivity index (χ1n) is 11.3. The quantitative estimate of drug-likeness (QED) is 0.632. The molecule has 2 amide bonds. The Morgan fingerprint density at radius 3 is 2.38 bits per heavy atom. The van der Waals surface area contributed by atoms with E-state index in [1.807, 2.05) is 0 Å². The second kappa shape index (κ2) is 8.10. The number of aromatic nitrogens is 2. The summed E-state index contributed by atoms with van der Waals surface area (Å²) in [6.45, 7) is 0.167. The summed E-state index contributed by atoms with van der Waals surface area (Å²) in [6.07, 6.45) is -1.88. The Bertz CT molecular complexity index is 1150. The van der Waals surface area contributed by atoms with Crippen LogP contribution in [0, 0.1) is 0 Å². The van der Waals surface area contributed by atoms with Crippen LogP contribution in [0.5, 0.6) is 0 Å². The van der Waals surface area contributed by atoms with Gasteiger partial charge in [-0.05, 0) is 49.3 Å². The molecule has 2 N–H and O–H groups in total. The summed E-state index contributed by atoms with van der Waals surface area (Å²) in [5.74, 6) is -2.68. The molecule has 2 aliphatic carbocycles. The summed E-state index contributed by atoms with van der Waals surface area (Å²) in [5, 5.41) is 23.2. The topological polar surface area (TPSA) is 98.4 Å². The SMILES string of the molecule is O=C(c1nn2c(C(F)(F)F)cc(C3CC3)cc2c1Cl)N1CCN(C2CCC(O)(O)CC2)C(=O)C1. The minimum absolute atomic E-state index is 0.0189. The van der Waals surface area contributed by atoms with Crippen LogP contribution in [0.2, 0.25) is 5.02 Å². The van der Waals surface area contributed by atoms with Gasteiger partial charge in [0.15, 0.2) is 11.5 Å². The first-order valence-corrected chi connectivity index (χ1v) is 11.7. The number of piperazine rings is 1. The van der Waals surface area contributed by atoms with Crippen LogP contribution in [-0.4, -0.2) is 72.9 Å². The molecule has 0 aromatic carbocycles. The fraction of sp³-hybridized carbons (Fsp3) is 0.591. The summed E-state index contributed by atoms with van der Waals surface area (Å²) in [6, 6.07) is 2.46. The van der Waals surface area contributed by atoms with Crippen molar-refractivity contribution in [3.8, 4) is 0 Å². The number of rotatable bonds is 3. The summed E-state index contributed by atoms with van der Waals surface area (Å²) in [7, 11) is 0. The molecule has 5 rings (SSSR count). The number of amides is 2.